The lowest BCUT2D eigenvalue weighted by Gasteiger charge is -2.26. The van der Waals surface area contributed by atoms with Crippen LogP contribution in [0.2, 0.25) is 0 Å². The molecule has 1 saturated heterocycles. The number of rotatable bonds is 7. The highest BCUT2D eigenvalue weighted by atomic mass is 16.2. The molecule has 29 heavy (non-hydrogen) atoms. The molecule has 1 aromatic carbocycles. The molecular formula is C23H33N5O. The highest BCUT2D eigenvalue weighted by Crippen LogP contribution is 2.21. The second-order valence-corrected chi connectivity index (χ2v) is 7.76. The van der Waals surface area contributed by atoms with Gasteiger partial charge in [-0.3, -0.25) is 4.79 Å². The van der Waals surface area contributed by atoms with Gasteiger partial charge in [-0.15, -0.1) is 0 Å². The van der Waals surface area contributed by atoms with Crippen LogP contribution >= 0.6 is 0 Å². The molecule has 3 rings (SSSR count). The average Bonchev–Trinajstić information content (AvgIpc) is 2.99. The van der Waals surface area contributed by atoms with Gasteiger partial charge in [0.2, 0.25) is 5.91 Å². The maximum absolute atomic E-state index is 12.9. The van der Waals surface area contributed by atoms with Crippen LogP contribution in [-0.2, 0) is 11.2 Å². The van der Waals surface area contributed by atoms with E-state index < -0.39 is 0 Å². The molecule has 2 heterocycles. The summed E-state index contributed by atoms with van der Waals surface area (Å²) in [6.07, 6.45) is 6.21. The number of amides is 1. The van der Waals surface area contributed by atoms with Crippen molar-refractivity contribution in [2.75, 3.05) is 55.3 Å². The molecule has 156 valence electrons. The van der Waals surface area contributed by atoms with Gasteiger partial charge >= 0.3 is 0 Å². The molecular weight excluding hydrogens is 362 g/mol. The number of nitrogen functional groups attached to an aromatic ring is 1. The number of nitrogens with two attached hydrogens (primary N) is 1. The van der Waals surface area contributed by atoms with Crippen molar-refractivity contribution in [2.45, 2.75) is 32.6 Å². The first kappa shape index (κ1) is 21.0. The molecule has 0 unspecified atom stereocenters. The van der Waals surface area contributed by atoms with Gasteiger partial charge in [-0.2, -0.15) is 0 Å². The van der Waals surface area contributed by atoms with E-state index in [0.29, 0.717) is 18.8 Å². The van der Waals surface area contributed by atoms with Crippen LogP contribution in [0.3, 0.4) is 0 Å². The van der Waals surface area contributed by atoms with Crippen molar-refractivity contribution in [2.24, 2.45) is 0 Å². The zero-order valence-corrected chi connectivity index (χ0v) is 17.7. The third-order valence-corrected chi connectivity index (χ3v) is 5.53. The molecule has 0 spiro atoms. The quantitative estimate of drug-likeness (QED) is 0.780. The van der Waals surface area contributed by atoms with Crippen molar-refractivity contribution in [3.05, 3.63) is 48.2 Å². The van der Waals surface area contributed by atoms with E-state index in [2.05, 4.69) is 41.1 Å². The summed E-state index contributed by atoms with van der Waals surface area (Å²) in [6.45, 7) is 5.68. The molecule has 0 radical (unpaired) electrons. The topological polar surface area (TPSA) is 65.7 Å². The van der Waals surface area contributed by atoms with Gasteiger partial charge in [0, 0.05) is 45.1 Å². The predicted molar refractivity (Wildman–Crippen MR) is 120 cm³/mol. The second-order valence-electron chi connectivity index (χ2n) is 7.76. The van der Waals surface area contributed by atoms with Gasteiger partial charge in [0.1, 0.15) is 0 Å². The van der Waals surface area contributed by atoms with Crippen LogP contribution in [0.15, 0.2) is 42.6 Å². The van der Waals surface area contributed by atoms with E-state index in [1.54, 1.807) is 6.20 Å². The molecule has 2 N–H and O–H groups in total. The Hall–Kier alpha value is -2.76. The summed E-state index contributed by atoms with van der Waals surface area (Å²) in [6, 6.07) is 12.3. The lowest BCUT2D eigenvalue weighted by molar-refractivity contribution is -0.129. The molecule has 1 amide bonds. The van der Waals surface area contributed by atoms with Crippen LogP contribution in [-0.4, -0.2) is 55.6 Å². The number of aromatic nitrogens is 1. The van der Waals surface area contributed by atoms with Crippen LogP contribution in [0.5, 0.6) is 0 Å². The largest absolute Gasteiger partial charge is 0.396 e. The number of carbonyl (C=O) groups excluding carboxylic acids is 1. The predicted octanol–water partition coefficient (Wildman–Crippen LogP) is 3.18. The molecule has 0 bridgehead atoms. The Labute approximate surface area is 174 Å². The van der Waals surface area contributed by atoms with Crippen molar-refractivity contribution in [1.29, 1.82) is 0 Å². The zero-order valence-electron chi connectivity index (χ0n) is 17.7. The van der Waals surface area contributed by atoms with Crippen LogP contribution in [0.1, 0.15) is 31.7 Å². The van der Waals surface area contributed by atoms with E-state index in [4.69, 9.17) is 5.73 Å². The third kappa shape index (κ3) is 5.62. The molecule has 6 nitrogen and oxygen atoms in total. The van der Waals surface area contributed by atoms with Gasteiger partial charge < -0.3 is 20.4 Å². The van der Waals surface area contributed by atoms with Crippen molar-refractivity contribution in [1.82, 2.24) is 9.88 Å². The van der Waals surface area contributed by atoms with Crippen molar-refractivity contribution in [3.63, 3.8) is 0 Å². The summed E-state index contributed by atoms with van der Waals surface area (Å²) in [5.74, 6) is 0.987. The number of hydrogen-bond acceptors (Lipinski definition) is 5. The van der Waals surface area contributed by atoms with Crippen molar-refractivity contribution >= 4 is 23.1 Å². The fourth-order valence-electron chi connectivity index (χ4n) is 3.74. The molecule has 2 aromatic rings. The average molecular weight is 396 g/mol. The number of anilines is 3. The molecule has 1 fully saturated rings. The van der Waals surface area contributed by atoms with E-state index in [1.165, 1.54) is 18.4 Å². The van der Waals surface area contributed by atoms with E-state index in [0.717, 1.165) is 44.0 Å². The number of nitrogens with zero attached hydrogens (tertiary/aromatic N) is 4. The van der Waals surface area contributed by atoms with E-state index >= 15 is 0 Å². The van der Waals surface area contributed by atoms with E-state index in [-0.39, 0.29) is 5.91 Å². The van der Waals surface area contributed by atoms with Crippen LogP contribution in [0.25, 0.3) is 0 Å². The van der Waals surface area contributed by atoms with Gasteiger partial charge in [0.25, 0.3) is 0 Å². The molecule has 1 aromatic heterocycles. The minimum atomic E-state index is 0.165. The fourth-order valence-corrected chi connectivity index (χ4v) is 3.74. The number of aryl methyl sites for hydroxylation is 1. The number of unbranched alkanes of at least 4 members (excludes halogenated alkanes) is 1. The molecule has 0 aliphatic carbocycles. The van der Waals surface area contributed by atoms with E-state index in [9.17, 15) is 4.79 Å². The summed E-state index contributed by atoms with van der Waals surface area (Å²) < 4.78 is 0. The van der Waals surface area contributed by atoms with Crippen LogP contribution < -0.4 is 15.5 Å². The number of pyridine rings is 1. The Morgan fingerprint density at radius 2 is 1.93 bits per heavy atom. The third-order valence-electron chi connectivity index (χ3n) is 5.53. The van der Waals surface area contributed by atoms with Crippen molar-refractivity contribution < 1.29 is 4.79 Å². The highest BCUT2D eigenvalue weighted by Gasteiger charge is 2.21. The summed E-state index contributed by atoms with van der Waals surface area (Å²) in [5.41, 5.74) is 9.20. The number of hydrogen-bond donors (Lipinski definition) is 1. The maximum Gasteiger partial charge on any atom is 0.242 e. The summed E-state index contributed by atoms with van der Waals surface area (Å²) in [7, 11) is 1.98. The maximum atomic E-state index is 12.9. The molecule has 0 atom stereocenters. The Balaban J connectivity index is 1.54. The molecule has 1 aliphatic heterocycles. The summed E-state index contributed by atoms with van der Waals surface area (Å²) >= 11 is 0. The van der Waals surface area contributed by atoms with Crippen LogP contribution in [0, 0.1) is 0 Å². The van der Waals surface area contributed by atoms with Gasteiger partial charge in [0.05, 0.1) is 12.2 Å². The van der Waals surface area contributed by atoms with Gasteiger partial charge in [-0.25, -0.2) is 4.98 Å². The molecule has 6 heteroatoms. The number of likely N-dealkylation sites (N-methyl/N-ethyl adjacent to an activating group) is 1. The standard InChI is InChI=1S/C23H33N5O/c1-3-4-7-19-9-11-20(12-10-19)26(2)18-22(29)27-14-6-15-28(17-16-27)23-21(24)8-5-13-25-23/h5,8-13H,3-4,6-7,14-18,24H2,1-2H3. The SMILES string of the molecule is CCCCc1ccc(N(C)CC(=O)N2CCCN(c3ncccc3N)CC2)cc1. The molecule has 1 aliphatic rings. The first-order valence-corrected chi connectivity index (χ1v) is 10.6. The zero-order chi connectivity index (χ0) is 20.6. The lowest BCUT2D eigenvalue weighted by atomic mass is 10.1. The second kappa shape index (κ2) is 10.1. The Morgan fingerprint density at radius 1 is 1.14 bits per heavy atom. The normalized spacial score (nSPS) is 14.6. The van der Waals surface area contributed by atoms with Gasteiger partial charge in [-0.05, 0) is 49.1 Å². The van der Waals surface area contributed by atoms with Gasteiger partial charge in [-0.1, -0.05) is 25.5 Å². The Morgan fingerprint density at radius 3 is 2.66 bits per heavy atom. The lowest BCUT2D eigenvalue weighted by Crippen LogP contribution is -2.41. The van der Waals surface area contributed by atoms with E-state index in [1.807, 2.05) is 29.0 Å². The minimum Gasteiger partial charge on any atom is -0.396 e. The minimum absolute atomic E-state index is 0.165. The smallest absolute Gasteiger partial charge is 0.242 e. The summed E-state index contributed by atoms with van der Waals surface area (Å²) in [5, 5.41) is 0. The Bertz CT molecular complexity index is 792. The number of carbonyl (C=O) groups is 1. The Kier molecular flexibility index (Phi) is 7.33. The monoisotopic (exact) mass is 395 g/mol. The van der Waals surface area contributed by atoms with Crippen LogP contribution in [0.4, 0.5) is 17.2 Å². The number of benzene rings is 1. The van der Waals surface area contributed by atoms with Gasteiger partial charge in [0.15, 0.2) is 5.82 Å². The first-order chi connectivity index (χ1) is 14.1. The highest BCUT2D eigenvalue weighted by molar-refractivity contribution is 5.81. The fraction of sp³-hybridized carbons (Fsp3) is 0.478. The summed E-state index contributed by atoms with van der Waals surface area (Å²) in [4.78, 5) is 23.5. The first-order valence-electron chi connectivity index (χ1n) is 10.6. The molecule has 0 saturated carbocycles. The van der Waals surface area contributed by atoms with Crippen molar-refractivity contribution in [3.8, 4) is 0 Å².